The molecule has 0 radical (unpaired) electrons. The second kappa shape index (κ2) is 10.9. The van der Waals surface area contributed by atoms with Gasteiger partial charge in [-0.1, -0.05) is 84.9 Å². The summed E-state index contributed by atoms with van der Waals surface area (Å²) in [4.78, 5) is 1.43. The van der Waals surface area contributed by atoms with Gasteiger partial charge in [-0.05, 0) is 34.4 Å². The van der Waals surface area contributed by atoms with Gasteiger partial charge in [0.1, 0.15) is 0 Å². The van der Waals surface area contributed by atoms with E-state index in [0.29, 0.717) is 21.2 Å². The summed E-state index contributed by atoms with van der Waals surface area (Å²) in [5, 5.41) is 0. The normalized spacial score (nSPS) is 9.66. The molecule has 4 N–H and O–H groups in total. The van der Waals surface area contributed by atoms with Crippen molar-refractivity contribution in [2.24, 2.45) is 0 Å². The molecule has 0 fully saturated rings. The number of nitrogen functional groups attached to an aromatic ring is 2. The number of hydrogen-bond acceptors (Lipinski definition) is 4. The molecule has 0 spiro atoms. The third kappa shape index (κ3) is 6.26. The summed E-state index contributed by atoms with van der Waals surface area (Å²) in [6.45, 7) is 0. The zero-order valence-corrected chi connectivity index (χ0v) is 20.5. The van der Waals surface area contributed by atoms with Crippen LogP contribution in [0.4, 0.5) is 11.4 Å². The first-order chi connectivity index (χ1) is 13.5. The van der Waals surface area contributed by atoms with Gasteiger partial charge in [0.2, 0.25) is 0 Å². The minimum Gasteiger partial charge on any atom is -0.778 e. The van der Waals surface area contributed by atoms with E-state index in [9.17, 15) is 0 Å². The summed E-state index contributed by atoms with van der Waals surface area (Å²) in [5.41, 5.74) is 17.4. The molecule has 0 heterocycles. The van der Waals surface area contributed by atoms with Crippen molar-refractivity contribution >= 4 is 36.6 Å². The molecule has 5 heteroatoms. The first kappa shape index (κ1) is 22.8. The van der Waals surface area contributed by atoms with Crippen molar-refractivity contribution in [3.8, 4) is 22.3 Å². The fraction of sp³-hybridized carbons (Fsp3) is 0. The van der Waals surface area contributed by atoms with Crippen LogP contribution in [0, 0.1) is 0 Å². The number of anilines is 2. The van der Waals surface area contributed by atoms with Gasteiger partial charge >= 0.3 is 19.5 Å². The summed E-state index contributed by atoms with van der Waals surface area (Å²) in [7, 11) is 0. The number of nitrogens with two attached hydrogens (primary N) is 2. The van der Waals surface area contributed by atoms with E-state index in [2.05, 4.69) is 24.3 Å². The fourth-order valence-corrected chi connectivity index (χ4v) is 2.97. The Bertz CT molecular complexity index is 968. The third-order valence-electron chi connectivity index (χ3n) is 4.23. The van der Waals surface area contributed by atoms with Crippen LogP contribution in [0.1, 0.15) is 0 Å². The SMILES string of the molecule is Nc1cc(-c2ccccc2)ccc1[S-].Nc1cc(-c2ccccc2)ccc1[S-].[Zn+2]. The van der Waals surface area contributed by atoms with Gasteiger partial charge in [-0.2, -0.15) is 9.79 Å². The van der Waals surface area contributed by atoms with Gasteiger partial charge in [-0.25, -0.2) is 0 Å². The van der Waals surface area contributed by atoms with E-state index in [1.54, 1.807) is 0 Å². The molecule has 0 aliphatic rings. The standard InChI is InChI=1S/2C12H11NS.Zn/c2*13-11-8-10(6-7-12(11)14)9-4-2-1-3-5-9;/h2*1-8,14H,13H2;/q;;+2/p-2. The molecule has 0 saturated heterocycles. The first-order valence-electron chi connectivity index (χ1n) is 8.78. The van der Waals surface area contributed by atoms with Crippen molar-refractivity contribution in [1.29, 1.82) is 0 Å². The Balaban J connectivity index is 0.000000200. The molecule has 0 aliphatic heterocycles. The van der Waals surface area contributed by atoms with Crippen LogP contribution in [0.15, 0.2) is 107 Å². The van der Waals surface area contributed by atoms with Crippen LogP contribution in [0.2, 0.25) is 0 Å². The summed E-state index contributed by atoms with van der Waals surface area (Å²) < 4.78 is 0. The molecule has 0 unspecified atom stereocenters. The summed E-state index contributed by atoms with van der Waals surface area (Å²) in [6, 6.07) is 31.8. The van der Waals surface area contributed by atoms with Crippen LogP contribution in [0.5, 0.6) is 0 Å². The van der Waals surface area contributed by atoms with Crippen molar-refractivity contribution in [1.82, 2.24) is 0 Å². The van der Waals surface area contributed by atoms with Crippen LogP contribution < -0.4 is 11.5 Å². The van der Waals surface area contributed by atoms with Gasteiger partial charge in [0.15, 0.2) is 0 Å². The second-order valence-corrected chi connectivity index (χ2v) is 7.12. The minimum atomic E-state index is 0. The monoisotopic (exact) mass is 464 g/mol. The average molecular weight is 466 g/mol. The zero-order chi connectivity index (χ0) is 19.9. The molecule has 29 heavy (non-hydrogen) atoms. The predicted molar refractivity (Wildman–Crippen MR) is 124 cm³/mol. The first-order valence-corrected chi connectivity index (χ1v) is 9.60. The third-order valence-corrected chi connectivity index (χ3v) is 4.98. The van der Waals surface area contributed by atoms with Crippen LogP contribution in [-0.2, 0) is 44.7 Å². The molecule has 0 atom stereocenters. The van der Waals surface area contributed by atoms with E-state index < -0.39 is 0 Å². The maximum atomic E-state index is 5.75. The molecule has 0 aromatic heterocycles. The maximum absolute atomic E-state index is 5.75. The average Bonchev–Trinajstić information content (AvgIpc) is 2.74. The van der Waals surface area contributed by atoms with Gasteiger partial charge in [0.05, 0.1) is 0 Å². The van der Waals surface area contributed by atoms with Gasteiger partial charge in [0, 0.05) is 11.4 Å². The molecule has 0 amide bonds. The summed E-state index contributed by atoms with van der Waals surface area (Å²) in [5.74, 6) is 0. The largest absolute Gasteiger partial charge is 2.00 e. The van der Waals surface area contributed by atoms with Crippen LogP contribution in [-0.4, -0.2) is 0 Å². The Morgan fingerprint density at radius 2 is 0.793 bits per heavy atom. The molecule has 0 saturated carbocycles. The summed E-state index contributed by atoms with van der Waals surface area (Å²) >= 11 is 10.1. The molecule has 0 aliphatic carbocycles. The molecule has 2 nitrogen and oxygen atoms in total. The summed E-state index contributed by atoms with van der Waals surface area (Å²) in [6.07, 6.45) is 0. The van der Waals surface area contributed by atoms with Crippen molar-refractivity contribution in [2.75, 3.05) is 11.5 Å². The van der Waals surface area contributed by atoms with Crippen LogP contribution >= 0.6 is 0 Å². The minimum absolute atomic E-state index is 0. The van der Waals surface area contributed by atoms with Crippen molar-refractivity contribution in [2.45, 2.75) is 9.79 Å². The van der Waals surface area contributed by atoms with E-state index >= 15 is 0 Å². The number of benzene rings is 4. The Labute approximate surface area is 195 Å². The quantitative estimate of drug-likeness (QED) is 0.227. The van der Waals surface area contributed by atoms with Crippen LogP contribution in [0.25, 0.3) is 22.3 Å². The Hall–Kier alpha value is -2.46. The smallest absolute Gasteiger partial charge is 0.778 e. The van der Waals surface area contributed by atoms with E-state index in [-0.39, 0.29) is 19.5 Å². The topological polar surface area (TPSA) is 52.0 Å². The Morgan fingerprint density at radius 3 is 1.10 bits per heavy atom. The van der Waals surface area contributed by atoms with Gasteiger partial charge in [-0.15, -0.1) is 0 Å². The molecular weight excluding hydrogens is 446 g/mol. The molecule has 4 aromatic rings. The maximum Gasteiger partial charge on any atom is 2.00 e. The Morgan fingerprint density at radius 1 is 0.448 bits per heavy atom. The second-order valence-electron chi connectivity index (χ2n) is 6.24. The Kier molecular flexibility index (Phi) is 8.59. The zero-order valence-electron chi connectivity index (χ0n) is 15.9. The van der Waals surface area contributed by atoms with Gasteiger partial charge in [-0.3, -0.25) is 0 Å². The number of hydrogen-bond donors (Lipinski definition) is 2. The van der Waals surface area contributed by atoms with E-state index in [1.165, 1.54) is 0 Å². The van der Waals surface area contributed by atoms with E-state index in [4.69, 9.17) is 36.7 Å². The molecular formula is C24H20N2S2Zn. The molecule has 4 rings (SSSR count). The molecule has 0 bridgehead atoms. The van der Waals surface area contributed by atoms with Crippen molar-refractivity contribution in [3.63, 3.8) is 0 Å². The molecule has 4 aromatic carbocycles. The van der Waals surface area contributed by atoms with E-state index in [0.717, 1.165) is 22.3 Å². The van der Waals surface area contributed by atoms with Crippen molar-refractivity contribution < 1.29 is 19.5 Å². The van der Waals surface area contributed by atoms with Crippen molar-refractivity contribution in [3.05, 3.63) is 97.1 Å². The number of rotatable bonds is 2. The van der Waals surface area contributed by atoms with Gasteiger partial charge in [0.25, 0.3) is 0 Å². The van der Waals surface area contributed by atoms with Gasteiger partial charge < -0.3 is 36.7 Å². The van der Waals surface area contributed by atoms with Crippen LogP contribution in [0.3, 0.4) is 0 Å². The molecule has 140 valence electrons. The fourth-order valence-electron chi connectivity index (χ4n) is 2.72. The predicted octanol–water partition coefficient (Wildman–Crippen LogP) is 5.68. The van der Waals surface area contributed by atoms with E-state index in [1.807, 2.05) is 72.8 Å².